The van der Waals surface area contributed by atoms with Crippen molar-refractivity contribution in [3.05, 3.63) is 40.7 Å². The van der Waals surface area contributed by atoms with Crippen molar-refractivity contribution >= 4 is 51.1 Å². The number of hydrogen-bond acceptors (Lipinski definition) is 8. The summed E-state index contributed by atoms with van der Waals surface area (Å²) in [6, 6.07) is 7.63. The molecule has 0 aromatic carbocycles. The lowest BCUT2D eigenvalue weighted by molar-refractivity contribution is -0.113. The second kappa shape index (κ2) is 6.90. The Labute approximate surface area is 155 Å². The Morgan fingerprint density at radius 2 is 2.20 bits per heavy atom. The van der Waals surface area contributed by atoms with Crippen LogP contribution in [0.1, 0.15) is 5.69 Å². The third kappa shape index (κ3) is 3.55. The Balaban J connectivity index is 1.48. The zero-order chi connectivity index (χ0) is 17.2. The number of hydrogen-bond donors (Lipinski definition) is 1. The molecule has 1 amide bonds. The second-order valence-electron chi connectivity index (χ2n) is 5.07. The molecular weight excluding hydrogens is 376 g/mol. The van der Waals surface area contributed by atoms with Gasteiger partial charge in [0.25, 0.3) is 0 Å². The van der Waals surface area contributed by atoms with Crippen molar-refractivity contribution in [3.8, 4) is 10.7 Å². The number of carbonyl (C=O) groups is 1. The molecule has 0 aliphatic heterocycles. The summed E-state index contributed by atoms with van der Waals surface area (Å²) in [7, 11) is 0. The summed E-state index contributed by atoms with van der Waals surface area (Å²) in [6.45, 7) is 1.89. The molecule has 0 bridgehead atoms. The van der Waals surface area contributed by atoms with Gasteiger partial charge in [-0.2, -0.15) is 9.61 Å². The summed E-state index contributed by atoms with van der Waals surface area (Å²) in [6.07, 6.45) is 0. The Bertz CT molecular complexity index is 1020. The molecule has 25 heavy (non-hydrogen) atoms. The zero-order valence-corrected chi connectivity index (χ0v) is 15.5. The maximum absolute atomic E-state index is 12.0. The maximum atomic E-state index is 12.0. The fraction of sp³-hybridized carbons (Fsp3) is 0.133. The van der Waals surface area contributed by atoms with E-state index in [1.54, 1.807) is 15.9 Å². The molecular formula is C15H12N6OS3. The molecule has 0 aliphatic carbocycles. The highest BCUT2D eigenvalue weighted by atomic mass is 32.2. The normalized spacial score (nSPS) is 11.1. The third-order valence-corrected chi connectivity index (χ3v) is 5.86. The molecule has 0 saturated carbocycles. The number of nitrogens with one attached hydrogen (secondary N) is 1. The average molecular weight is 389 g/mol. The molecule has 4 rings (SSSR count). The summed E-state index contributed by atoms with van der Waals surface area (Å²) < 4.78 is 1.70. The number of thiazole rings is 1. The van der Waals surface area contributed by atoms with Gasteiger partial charge in [0.2, 0.25) is 5.91 Å². The highest BCUT2D eigenvalue weighted by Gasteiger charge is 2.12. The van der Waals surface area contributed by atoms with Gasteiger partial charge in [-0.15, -0.1) is 32.9 Å². The van der Waals surface area contributed by atoms with Crippen molar-refractivity contribution < 1.29 is 4.79 Å². The molecule has 0 atom stereocenters. The number of thioether (sulfide) groups is 1. The minimum atomic E-state index is -0.108. The molecule has 0 fully saturated rings. The number of carbonyl (C=O) groups excluding carboxylic acids is 1. The monoisotopic (exact) mass is 388 g/mol. The van der Waals surface area contributed by atoms with Crippen LogP contribution in [0, 0.1) is 6.92 Å². The van der Waals surface area contributed by atoms with Gasteiger partial charge in [-0.1, -0.05) is 17.8 Å². The van der Waals surface area contributed by atoms with E-state index in [4.69, 9.17) is 0 Å². The molecule has 126 valence electrons. The van der Waals surface area contributed by atoms with E-state index in [0.29, 0.717) is 16.6 Å². The van der Waals surface area contributed by atoms with Crippen molar-refractivity contribution in [2.75, 3.05) is 11.1 Å². The van der Waals surface area contributed by atoms with Gasteiger partial charge in [-0.3, -0.25) is 4.79 Å². The molecule has 4 aromatic heterocycles. The van der Waals surface area contributed by atoms with Gasteiger partial charge in [-0.05, 0) is 30.5 Å². The molecule has 0 saturated heterocycles. The number of aryl methyl sites for hydroxylation is 1. The van der Waals surface area contributed by atoms with E-state index >= 15 is 0 Å². The van der Waals surface area contributed by atoms with Crippen LogP contribution < -0.4 is 5.32 Å². The first kappa shape index (κ1) is 16.2. The van der Waals surface area contributed by atoms with Crippen LogP contribution in [0.25, 0.3) is 16.3 Å². The van der Waals surface area contributed by atoms with E-state index in [-0.39, 0.29) is 11.7 Å². The van der Waals surface area contributed by atoms with Crippen molar-refractivity contribution in [2.45, 2.75) is 11.9 Å². The molecule has 1 N–H and O–H groups in total. The predicted octanol–water partition coefficient (Wildman–Crippen LogP) is 3.35. The largest absolute Gasteiger partial charge is 0.301 e. The van der Waals surface area contributed by atoms with Crippen LogP contribution in [-0.4, -0.2) is 36.5 Å². The molecule has 10 heteroatoms. The molecule has 4 aromatic rings. The van der Waals surface area contributed by atoms with Gasteiger partial charge >= 0.3 is 0 Å². The fourth-order valence-electron chi connectivity index (χ4n) is 2.11. The van der Waals surface area contributed by atoms with Crippen LogP contribution in [0.15, 0.2) is 40.1 Å². The molecule has 7 nitrogen and oxygen atoms in total. The molecule has 0 spiro atoms. The Morgan fingerprint density at radius 1 is 1.28 bits per heavy atom. The number of anilines is 1. The van der Waals surface area contributed by atoms with E-state index in [9.17, 15) is 4.79 Å². The lowest BCUT2D eigenvalue weighted by Crippen LogP contribution is -2.14. The second-order valence-corrected chi connectivity index (χ2v) is 7.87. The fourth-order valence-corrected chi connectivity index (χ4v) is 4.17. The summed E-state index contributed by atoms with van der Waals surface area (Å²) in [5, 5.41) is 20.9. The van der Waals surface area contributed by atoms with Gasteiger partial charge in [-0.25, -0.2) is 4.98 Å². The first-order valence-corrected chi connectivity index (χ1v) is 10.0. The van der Waals surface area contributed by atoms with Gasteiger partial charge < -0.3 is 5.32 Å². The average Bonchev–Trinajstić information content (AvgIpc) is 3.33. The SMILES string of the molecule is Cc1csc(NC(=O)CSc2ccc3nnc(-c4cccs4)n3n2)n1. The number of rotatable bonds is 5. The molecule has 0 unspecified atom stereocenters. The topological polar surface area (TPSA) is 85.1 Å². The number of fused-ring (bicyclic) bond motifs is 1. The quantitative estimate of drug-likeness (QED) is 0.528. The lowest BCUT2D eigenvalue weighted by Gasteiger charge is -2.03. The molecule has 4 heterocycles. The first-order chi connectivity index (χ1) is 12.2. The van der Waals surface area contributed by atoms with Gasteiger partial charge in [0, 0.05) is 5.38 Å². The minimum absolute atomic E-state index is 0.108. The molecule has 0 aliphatic rings. The third-order valence-electron chi connectivity index (χ3n) is 3.20. The van der Waals surface area contributed by atoms with Crippen molar-refractivity contribution in [1.82, 2.24) is 24.8 Å². The predicted molar refractivity (Wildman–Crippen MR) is 100 cm³/mol. The highest BCUT2D eigenvalue weighted by Crippen LogP contribution is 2.24. The Hall–Kier alpha value is -2.30. The highest BCUT2D eigenvalue weighted by molar-refractivity contribution is 7.99. The lowest BCUT2D eigenvalue weighted by atomic mass is 10.4. The van der Waals surface area contributed by atoms with Crippen molar-refractivity contribution in [3.63, 3.8) is 0 Å². The van der Waals surface area contributed by atoms with E-state index in [2.05, 4.69) is 25.6 Å². The van der Waals surface area contributed by atoms with Crippen LogP contribution in [0.4, 0.5) is 5.13 Å². The number of thiophene rings is 1. The van der Waals surface area contributed by atoms with E-state index in [1.165, 1.54) is 23.1 Å². The van der Waals surface area contributed by atoms with Crippen LogP contribution in [0.2, 0.25) is 0 Å². The number of amides is 1. The van der Waals surface area contributed by atoms with E-state index in [0.717, 1.165) is 15.6 Å². The van der Waals surface area contributed by atoms with Crippen molar-refractivity contribution in [2.24, 2.45) is 0 Å². The standard InChI is InChI=1S/C15H12N6OS3/c1-9-7-25-15(16-9)17-12(22)8-24-13-5-4-11-18-19-14(21(11)20-13)10-3-2-6-23-10/h2-7H,8H2,1H3,(H,16,17,22). The van der Waals surface area contributed by atoms with E-state index < -0.39 is 0 Å². The number of nitrogens with zero attached hydrogens (tertiary/aromatic N) is 5. The van der Waals surface area contributed by atoms with E-state index in [1.807, 2.05) is 41.9 Å². The summed E-state index contributed by atoms with van der Waals surface area (Å²) in [4.78, 5) is 17.3. The molecule has 0 radical (unpaired) electrons. The first-order valence-electron chi connectivity index (χ1n) is 7.30. The summed E-state index contributed by atoms with van der Waals surface area (Å²) in [5.41, 5.74) is 1.57. The Kier molecular flexibility index (Phi) is 4.47. The van der Waals surface area contributed by atoms with Gasteiger partial charge in [0.1, 0.15) is 5.03 Å². The Morgan fingerprint density at radius 3 is 2.96 bits per heavy atom. The zero-order valence-electron chi connectivity index (χ0n) is 13.0. The van der Waals surface area contributed by atoms with Crippen LogP contribution in [0.3, 0.4) is 0 Å². The summed E-state index contributed by atoms with van der Waals surface area (Å²) >= 11 is 4.36. The van der Waals surface area contributed by atoms with Gasteiger partial charge in [0.05, 0.1) is 16.3 Å². The maximum Gasteiger partial charge on any atom is 0.236 e. The van der Waals surface area contributed by atoms with Crippen molar-refractivity contribution in [1.29, 1.82) is 0 Å². The van der Waals surface area contributed by atoms with Gasteiger partial charge in [0.15, 0.2) is 16.6 Å². The minimum Gasteiger partial charge on any atom is -0.301 e. The van der Waals surface area contributed by atoms with Crippen LogP contribution >= 0.6 is 34.4 Å². The number of aromatic nitrogens is 5. The summed E-state index contributed by atoms with van der Waals surface area (Å²) in [5.74, 6) is 0.854. The van der Waals surface area contributed by atoms with Crippen LogP contribution in [-0.2, 0) is 4.79 Å². The smallest absolute Gasteiger partial charge is 0.236 e. The van der Waals surface area contributed by atoms with Crippen LogP contribution in [0.5, 0.6) is 0 Å².